The van der Waals surface area contributed by atoms with Crippen LogP contribution in [0.15, 0.2) is 39.9 Å². The van der Waals surface area contributed by atoms with Crippen LogP contribution in [0.4, 0.5) is 11.6 Å². The first-order valence-electron chi connectivity index (χ1n) is 10.4. The number of nitrogen functional groups attached to an aromatic ring is 1. The second-order valence-electron chi connectivity index (χ2n) is 8.01. The molecule has 1 amide bonds. The van der Waals surface area contributed by atoms with Gasteiger partial charge in [0.15, 0.2) is 11.6 Å². The lowest BCUT2D eigenvalue weighted by Gasteiger charge is -2.18. The molecule has 0 radical (unpaired) electrons. The number of aryl methyl sites for hydroxylation is 1. The van der Waals surface area contributed by atoms with Crippen molar-refractivity contribution in [3.8, 4) is 11.1 Å². The zero-order chi connectivity index (χ0) is 24.0. The maximum absolute atomic E-state index is 12.9. The molecule has 10 nitrogen and oxygen atoms in total. The van der Waals surface area contributed by atoms with Crippen molar-refractivity contribution in [1.82, 2.24) is 25.4 Å². The molecular formula is C22H19Cl2N7O3. The van der Waals surface area contributed by atoms with Crippen molar-refractivity contribution in [3.05, 3.63) is 62.4 Å². The van der Waals surface area contributed by atoms with Gasteiger partial charge in [0, 0.05) is 37.1 Å². The first-order chi connectivity index (χ1) is 16.3. The lowest BCUT2D eigenvalue weighted by Crippen LogP contribution is -2.37. The number of aromatic amines is 1. The van der Waals surface area contributed by atoms with Crippen molar-refractivity contribution < 1.29 is 9.32 Å². The Morgan fingerprint density at radius 3 is 2.91 bits per heavy atom. The number of benzene rings is 1. The van der Waals surface area contributed by atoms with Crippen molar-refractivity contribution in [2.45, 2.75) is 19.4 Å². The van der Waals surface area contributed by atoms with E-state index in [9.17, 15) is 9.59 Å². The highest BCUT2D eigenvalue weighted by Gasteiger charge is 2.29. The summed E-state index contributed by atoms with van der Waals surface area (Å²) in [5, 5.41) is 8.01. The Kier molecular flexibility index (Phi) is 5.62. The van der Waals surface area contributed by atoms with Gasteiger partial charge in [0.25, 0.3) is 5.91 Å². The molecule has 1 aliphatic heterocycles. The van der Waals surface area contributed by atoms with E-state index in [0.29, 0.717) is 57.6 Å². The summed E-state index contributed by atoms with van der Waals surface area (Å²) in [7, 11) is 0. The number of nitrogens with zero attached hydrogens (tertiary/aromatic N) is 4. The zero-order valence-electron chi connectivity index (χ0n) is 17.9. The monoisotopic (exact) mass is 499 g/mol. The predicted octanol–water partition coefficient (Wildman–Crippen LogP) is 3.18. The number of hydrogen-bond donors (Lipinski definition) is 3. The minimum atomic E-state index is -0.421. The van der Waals surface area contributed by atoms with E-state index in [1.807, 2.05) is 4.90 Å². The molecule has 0 bridgehead atoms. The number of carbonyl (C=O) groups is 1. The number of aromatic nitrogens is 4. The van der Waals surface area contributed by atoms with Crippen LogP contribution < -0.4 is 21.6 Å². The van der Waals surface area contributed by atoms with Crippen LogP contribution in [0.25, 0.3) is 22.1 Å². The highest BCUT2D eigenvalue weighted by Crippen LogP contribution is 2.35. The van der Waals surface area contributed by atoms with Crippen molar-refractivity contribution in [2.75, 3.05) is 23.7 Å². The number of amides is 1. The lowest BCUT2D eigenvalue weighted by molar-refractivity contribution is 0.0940. The molecule has 1 atom stereocenters. The topological polar surface area (TPSA) is 143 Å². The lowest BCUT2D eigenvalue weighted by atomic mass is 10.0. The van der Waals surface area contributed by atoms with Crippen molar-refractivity contribution >= 4 is 51.7 Å². The molecule has 174 valence electrons. The smallest absolute Gasteiger partial charge is 0.345 e. The van der Waals surface area contributed by atoms with E-state index in [-0.39, 0.29) is 17.8 Å². The molecule has 4 aromatic rings. The van der Waals surface area contributed by atoms with Gasteiger partial charge in [-0.05, 0) is 31.0 Å². The summed E-state index contributed by atoms with van der Waals surface area (Å²) >= 11 is 12.6. The SMILES string of the molecule is Cc1nc(=O)[nH]cc1-c1ccc(C(=O)N[C@@H]2CCN(c3ncc(Cl)c4c(N)noc34)C2)c(Cl)c1. The number of carbonyl (C=O) groups excluding carboxylic acids is 1. The fourth-order valence-electron chi connectivity index (χ4n) is 4.13. The highest BCUT2D eigenvalue weighted by molar-refractivity contribution is 6.36. The molecule has 0 unspecified atom stereocenters. The van der Waals surface area contributed by atoms with Gasteiger partial charge in [-0.15, -0.1) is 0 Å². The summed E-state index contributed by atoms with van der Waals surface area (Å²) in [6.07, 6.45) is 3.80. The number of nitrogens with one attached hydrogen (secondary N) is 2. The van der Waals surface area contributed by atoms with Gasteiger partial charge >= 0.3 is 5.69 Å². The third-order valence-corrected chi connectivity index (χ3v) is 6.41. The van der Waals surface area contributed by atoms with Crippen molar-refractivity contribution in [3.63, 3.8) is 0 Å². The summed E-state index contributed by atoms with van der Waals surface area (Å²) < 4.78 is 5.34. The second kappa shape index (κ2) is 8.62. The van der Waals surface area contributed by atoms with Crippen LogP contribution in [-0.4, -0.2) is 45.1 Å². The summed E-state index contributed by atoms with van der Waals surface area (Å²) in [6, 6.07) is 4.99. The largest absolute Gasteiger partial charge is 0.380 e. The minimum absolute atomic E-state index is 0.123. The molecule has 5 rings (SSSR count). The van der Waals surface area contributed by atoms with Crippen LogP contribution in [-0.2, 0) is 0 Å². The summed E-state index contributed by atoms with van der Waals surface area (Å²) in [5.74, 6) is 0.504. The maximum Gasteiger partial charge on any atom is 0.345 e. The number of fused-ring (bicyclic) bond motifs is 1. The van der Waals surface area contributed by atoms with Crippen LogP contribution in [0.1, 0.15) is 22.5 Å². The van der Waals surface area contributed by atoms with Gasteiger partial charge < -0.3 is 25.5 Å². The number of H-pyrrole nitrogens is 1. The molecule has 34 heavy (non-hydrogen) atoms. The molecule has 1 aliphatic rings. The Labute approximate surface area is 203 Å². The molecule has 12 heteroatoms. The van der Waals surface area contributed by atoms with E-state index in [2.05, 4.69) is 25.4 Å². The Hall–Kier alpha value is -3.63. The molecule has 1 aromatic carbocycles. The van der Waals surface area contributed by atoms with Crippen molar-refractivity contribution in [1.29, 1.82) is 0 Å². The quantitative estimate of drug-likeness (QED) is 0.388. The Bertz CT molecular complexity index is 1480. The first-order valence-corrected chi connectivity index (χ1v) is 11.2. The summed E-state index contributed by atoms with van der Waals surface area (Å²) in [5.41, 5.74) is 8.26. The first kappa shape index (κ1) is 22.2. The van der Waals surface area contributed by atoms with Crippen LogP contribution in [0, 0.1) is 6.92 Å². The molecule has 4 heterocycles. The average Bonchev–Trinajstić information content (AvgIpc) is 3.41. The number of hydrogen-bond acceptors (Lipinski definition) is 8. The Balaban J connectivity index is 1.31. The van der Waals surface area contributed by atoms with Gasteiger partial charge in [0.2, 0.25) is 5.58 Å². The van der Waals surface area contributed by atoms with Gasteiger partial charge in [0.05, 0.1) is 26.7 Å². The number of halogens is 2. The third-order valence-electron chi connectivity index (χ3n) is 5.81. The molecule has 0 spiro atoms. The number of nitrogens with two attached hydrogens (primary N) is 1. The van der Waals surface area contributed by atoms with Gasteiger partial charge in [0.1, 0.15) is 0 Å². The number of rotatable bonds is 4. The molecular weight excluding hydrogens is 481 g/mol. The van der Waals surface area contributed by atoms with Gasteiger partial charge in [-0.3, -0.25) is 4.79 Å². The van der Waals surface area contributed by atoms with E-state index in [1.165, 1.54) is 6.20 Å². The Morgan fingerprint density at radius 1 is 1.32 bits per heavy atom. The summed E-state index contributed by atoms with van der Waals surface area (Å²) in [4.78, 5) is 37.1. The van der Waals surface area contributed by atoms with E-state index >= 15 is 0 Å². The molecule has 1 fully saturated rings. The van der Waals surface area contributed by atoms with Crippen molar-refractivity contribution in [2.24, 2.45) is 0 Å². The van der Waals surface area contributed by atoms with E-state index in [4.69, 9.17) is 33.5 Å². The molecule has 1 saturated heterocycles. The van der Waals surface area contributed by atoms with Crippen LogP contribution in [0.5, 0.6) is 0 Å². The highest BCUT2D eigenvalue weighted by atomic mass is 35.5. The molecule has 3 aromatic heterocycles. The fraction of sp³-hybridized carbons (Fsp3) is 0.227. The van der Waals surface area contributed by atoms with Gasteiger partial charge in [-0.25, -0.2) is 9.78 Å². The number of anilines is 2. The maximum atomic E-state index is 12.9. The summed E-state index contributed by atoms with van der Waals surface area (Å²) in [6.45, 7) is 2.91. The van der Waals surface area contributed by atoms with Crippen LogP contribution in [0.2, 0.25) is 10.0 Å². The average molecular weight is 500 g/mol. The zero-order valence-corrected chi connectivity index (χ0v) is 19.4. The van der Waals surface area contributed by atoms with E-state index < -0.39 is 5.69 Å². The normalized spacial score (nSPS) is 15.7. The van der Waals surface area contributed by atoms with Crippen LogP contribution in [0.3, 0.4) is 0 Å². The van der Waals surface area contributed by atoms with E-state index in [1.54, 1.807) is 31.3 Å². The standard InChI is InChI=1S/C22H19Cl2N7O3/c1-10-14(7-27-22(33)28-10)11-2-3-13(15(23)6-11)21(32)29-12-4-5-31(9-12)20-18-17(16(24)8-26-20)19(25)30-34-18/h2-3,6-8,12H,4-5,9H2,1H3,(H2,25,30)(H,29,32)(H,27,28,33)/t12-/m1/s1. The number of pyridine rings is 1. The molecule has 4 N–H and O–H groups in total. The van der Waals surface area contributed by atoms with Gasteiger partial charge in [-0.2, -0.15) is 4.98 Å². The second-order valence-corrected chi connectivity index (χ2v) is 8.82. The minimum Gasteiger partial charge on any atom is -0.380 e. The fourth-order valence-corrected chi connectivity index (χ4v) is 4.63. The predicted molar refractivity (Wildman–Crippen MR) is 129 cm³/mol. The Morgan fingerprint density at radius 2 is 2.15 bits per heavy atom. The molecule has 0 saturated carbocycles. The third kappa shape index (κ3) is 3.95. The molecule has 0 aliphatic carbocycles. The van der Waals surface area contributed by atoms with Crippen LogP contribution >= 0.6 is 23.2 Å². The van der Waals surface area contributed by atoms with Gasteiger partial charge in [-0.1, -0.05) is 34.4 Å². The van der Waals surface area contributed by atoms with E-state index in [0.717, 1.165) is 11.1 Å².